The predicted octanol–water partition coefficient (Wildman–Crippen LogP) is 3.43. The quantitative estimate of drug-likeness (QED) is 0.709. The van der Waals surface area contributed by atoms with E-state index in [1.807, 2.05) is 39.0 Å². The molecule has 1 unspecified atom stereocenters. The Balaban J connectivity index is 2.82. The average Bonchev–Trinajstić information content (AvgIpc) is 2.52. The fourth-order valence-electron chi connectivity index (χ4n) is 2.48. The van der Waals surface area contributed by atoms with Gasteiger partial charge in [0, 0.05) is 19.5 Å². The van der Waals surface area contributed by atoms with E-state index in [0.717, 1.165) is 30.4 Å². The van der Waals surface area contributed by atoms with Gasteiger partial charge < -0.3 is 10.2 Å². The van der Waals surface area contributed by atoms with Crippen LogP contribution in [0.25, 0.3) is 0 Å². The van der Waals surface area contributed by atoms with Gasteiger partial charge in [-0.1, -0.05) is 50.1 Å². The summed E-state index contributed by atoms with van der Waals surface area (Å²) < 4.78 is 0. The van der Waals surface area contributed by atoms with E-state index in [9.17, 15) is 9.59 Å². The van der Waals surface area contributed by atoms with Gasteiger partial charge in [0.25, 0.3) is 0 Å². The van der Waals surface area contributed by atoms with Gasteiger partial charge >= 0.3 is 0 Å². The van der Waals surface area contributed by atoms with Crippen molar-refractivity contribution in [3.05, 3.63) is 35.4 Å². The zero-order valence-electron chi connectivity index (χ0n) is 14.9. The van der Waals surface area contributed by atoms with Crippen molar-refractivity contribution >= 4 is 11.8 Å². The number of nitrogens with one attached hydrogen (secondary N) is 1. The second-order valence-electron chi connectivity index (χ2n) is 6.08. The minimum atomic E-state index is -0.452. The van der Waals surface area contributed by atoms with Gasteiger partial charge in [-0.05, 0) is 32.3 Å². The van der Waals surface area contributed by atoms with Crippen LogP contribution >= 0.6 is 0 Å². The maximum absolute atomic E-state index is 12.5. The Bertz CT molecular complexity index is 514. The van der Waals surface area contributed by atoms with Gasteiger partial charge in [-0.25, -0.2) is 0 Å². The standard InChI is InChI=1S/C19H30N2O2/c1-5-7-12-20-19(23)16(4)21(18(22)9-6-2)14-17-11-8-10-15(3)13-17/h8,10-11,13,16H,5-7,9,12,14H2,1-4H3,(H,20,23). The highest BCUT2D eigenvalue weighted by atomic mass is 16.2. The lowest BCUT2D eigenvalue weighted by Gasteiger charge is -2.29. The van der Waals surface area contributed by atoms with Crippen LogP contribution in [0.15, 0.2) is 24.3 Å². The van der Waals surface area contributed by atoms with E-state index >= 15 is 0 Å². The highest BCUT2D eigenvalue weighted by Crippen LogP contribution is 2.13. The third kappa shape index (κ3) is 6.43. The summed E-state index contributed by atoms with van der Waals surface area (Å²) in [6.45, 7) is 9.05. The lowest BCUT2D eigenvalue weighted by atomic mass is 10.1. The van der Waals surface area contributed by atoms with E-state index in [2.05, 4.69) is 18.3 Å². The molecule has 128 valence electrons. The Kier molecular flexibility index (Phi) is 8.38. The number of rotatable bonds is 9. The summed E-state index contributed by atoms with van der Waals surface area (Å²) in [5.74, 6) is -0.0392. The van der Waals surface area contributed by atoms with E-state index in [-0.39, 0.29) is 11.8 Å². The van der Waals surface area contributed by atoms with Gasteiger partial charge in [0.2, 0.25) is 11.8 Å². The molecule has 0 saturated heterocycles. The number of amides is 2. The van der Waals surface area contributed by atoms with Gasteiger partial charge in [0.15, 0.2) is 0 Å². The minimum Gasteiger partial charge on any atom is -0.354 e. The van der Waals surface area contributed by atoms with Crippen LogP contribution in [0.5, 0.6) is 0 Å². The molecule has 0 spiro atoms. The van der Waals surface area contributed by atoms with Crippen molar-refractivity contribution < 1.29 is 9.59 Å². The summed E-state index contributed by atoms with van der Waals surface area (Å²) in [4.78, 5) is 26.5. The number of unbranched alkanes of at least 4 members (excludes halogenated alkanes) is 1. The summed E-state index contributed by atoms with van der Waals surface area (Å²) in [7, 11) is 0. The number of carbonyl (C=O) groups is 2. The summed E-state index contributed by atoms with van der Waals surface area (Å²) >= 11 is 0. The molecule has 1 N–H and O–H groups in total. The Morgan fingerprint density at radius 1 is 1.22 bits per heavy atom. The van der Waals surface area contributed by atoms with Crippen LogP contribution in [0.3, 0.4) is 0 Å². The minimum absolute atomic E-state index is 0.0344. The van der Waals surface area contributed by atoms with Gasteiger partial charge in [-0.15, -0.1) is 0 Å². The second kappa shape index (κ2) is 10.0. The smallest absolute Gasteiger partial charge is 0.242 e. The van der Waals surface area contributed by atoms with Crippen molar-refractivity contribution in [2.45, 2.75) is 66.0 Å². The van der Waals surface area contributed by atoms with Crippen LogP contribution in [0.4, 0.5) is 0 Å². The molecule has 4 heteroatoms. The molecule has 0 aliphatic heterocycles. The summed E-state index contributed by atoms with van der Waals surface area (Å²) in [6.07, 6.45) is 3.25. The molecule has 0 bridgehead atoms. The Morgan fingerprint density at radius 3 is 2.57 bits per heavy atom. The van der Waals surface area contributed by atoms with Gasteiger partial charge in [0.05, 0.1) is 0 Å². The first kappa shape index (κ1) is 19.2. The molecule has 0 aliphatic rings. The Labute approximate surface area is 140 Å². The van der Waals surface area contributed by atoms with Gasteiger partial charge in [0.1, 0.15) is 6.04 Å². The molecule has 1 atom stereocenters. The van der Waals surface area contributed by atoms with E-state index < -0.39 is 6.04 Å². The van der Waals surface area contributed by atoms with Crippen LogP contribution < -0.4 is 5.32 Å². The number of aryl methyl sites for hydroxylation is 1. The highest BCUT2D eigenvalue weighted by Gasteiger charge is 2.25. The van der Waals surface area contributed by atoms with Crippen molar-refractivity contribution in [3.8, 4) is 0 Å². The number of nitrogens with zero attached hydrogens (tertiary/aromatic N) is 1. The number of hydrogen-bond donors (Lipinski definition) is 1. The normalized spacial score (nSPS) is 11.8. The lowest BCUT2D eigenvalue weighted by molar-refractivity contribution is -0.140. The molecule has 0 saturated carbocycles. The summed E-state index contributed by atoms with van der Waals surface area (Å²) in [5, 5.41) is 2.93. The molecule has 1 rings (SSSR count). The maximum atomic E-state index is 12.5. The van der Waals surface area contributed by atoms with Crippen molar-refractivity contribution in [1.82, 2.24) is 10.2 Å². The third-order valence-electron chi connectivity index (χ3n) is 3.90. The van der Waals surface area contributed by atoms with Gasteiger partial charge in [-0.3, -0.25) is 9.59 Å². The molecule has 1 aromatic rings. The van der Waals surface area contributed by atoms with Crippen LogP contribution in [0.2, 0.25) is 0 Å². The topological polar surface area (TPSA) is 49.4 Å². The number of benzene rings is 1. The molecule has 0 aromatic heterocycles. The molecule has 0 aliphatic carbocycles. The highest BCUT2D eigenvalue weighted by molar-refractivity contribution is 5.87. The Morgan fingerprint density at radius 2 is 1.96 bits per heavy atom. The van der Waals surface area contributed by atoms with Crippen molar-refractivity contribution in [2.75, 3.05) is 6.54 Å². The largest absolute Gasteiger partial charge is 0.354 e. The molecule has 23 heavy (non-hydrogen) atoms. The fourth-order valence-corrected chi connectivity index (χ4v) is 2.48. The molecule has 0 fully saturated rings. The molecular weight excluding hydrogens is 288 g/mol. The van der Waals surface area contributed by atoms with Gasteiger partial charge in [-0.2, -0.15) is 0 Å². The molecular formula is C19H30N2O2. The second-order valence-corrected chi connectivity index (χ2v) is 6.08. The SMILES string of the molecule is CCCCNC(=O)C(C)N(Cc1cccc(C)c1)C(=O)CCC. The predicted molar refractivity (Wildman–Crippen MR) is 94.0 cm³/mol. The molecule has 0 heterocycles. The van der Waals surface area contributed by atoms with Crippen molar-refractivity contribution in [1.29, 1.82) is 0 Å². The maximum Gasteiger partial charge on any atom is 0.242 e. The third-order valence-corrected chi connectivity index (χ3v) is 3.90. The van der Waals surface area contributed by atoms with E-state index in [1.54, 1.807) is 4.90 Å². The average molecular weight is 318 g/mol. The lowest BCUT2D eigenvalue weighted by Crippen LogP contribution is -2.47. The Hall–Kier alpha value is -1.84. The first-order valence-corrected chi connectivity index (χ1v) is 8.62. The zero-order chi connectivity index (χ0) is 17.2. The molecule has 4 nitrogen and oxygen atoms in total. The van der Waals surface area contributed by atoms with Crippen LogP contribution in [-0.2, 0) is 16.1 Å². The molecule has 2 amide bonds. The summed E-state index contributed by atoms with van der Waals surface area (Å²) in [6, 6.07) is 7.63. The monoisotopic (exact) mass is 318 g/mol. The fraction of sp³-hybridized carbons (Fsp3) is 0.579. The van der Waals surface area contributed by atoms with Crippen LogP contribution in [0, 0.1) is 6.92 Å². The first-order valence-electron chi connectivity index (χ1n) is 8.62. The van der Waals surface area contributed by atoms with Crippen molar-refractivity contribution in [2.24, 2.45) is 0 Å². The van der Waals surface area contributed by atoms with Crippen molar-refractivity contribution in [3.63, 3.8) is 0 Å². The van der Waals surface area contributed by atoms with Crippen LogP contribution in [-0.4, -0.2) is 29.3 Å². The first-order chi connectivity index (χ1) is 11.0. The van der Waals surface area contributed by atoms with E-state index in [1.165, 1.54) is 0 Å². The van der Waals surface area contributed by atoms with E-state index in [4.69, 9.17) is 0 Å². The van der Waals surface area contributed by atoms with Crippen LogP contribution in [0.1, 0.15) is 57.6 Å². The molecule has 0 radical (unpaired) electrons. The number of carbonyl (C=O) groups excluding carboxylic acids is 2. The summed E-state index contributed by atoms with van der Waals surface area (Å²) in [5.41, 5.74) is 2.22. The van der Waals surface area contributed by atoms with E-state index in [0.29, 0.717) is 19.5 Å². The molecule has 1 aromatic carbocycles. The number of hydrogen-bond acceptors (Lipinski definition) is 2. The zero-order valence-corrected chi connectivity index (χ0v) is 14.9.